The summed E-state index contributed by atoms with van der Waals surface area (Å²) in [6, 6.07) is 3.67. The van der Waals surface area contributed by atoms with Gasteiger partial charge in [-0.05, 0) is 44.0 Å². The monoisotopic (exact) mass is 450 g/mol. The van der Waals surface area contributed by atoms with Gasteiger partial charge >= 0.3 is 0 Å². The highest BCUT2D eigenvalue weighted by Gasteiger charge is 2.17. The predicted molar refractivity (Wildman–Crippen MR) is 85.1 cm³/mol. The van der Waals surface area contributed by atoms with E-state index in [0.717, 1.165) is 13.4 Å². The number of carbonyl (C=O) groups is 1. The second-order valence-electron chi connectivity index (χ2n) is 3.81. The minimum atomic E-state index is -0.359. The van der Waals surface area contributed by atoms with E-state index in [2.05, 4.69) is 58.2 Å². The molecule has 5 nitrogen and oxygen atoms in total. The molecule has 1 heterocycles. The topological polar surface area (TPSA) is 72.9 Å². The summed E-state index contributed by atoms with van der Waals surface area (Å²) in [6.45, 7) is 0. The molecule has 0 saturated carbocycles. The van der Waals surface area contributed by atoms with E-state index in [9.17, 15) is 4.79 Å². The quantitative estimate of drug-likeness (QED) is 0.732. The number of nitrogens with one attached hydrogen (secondary N) is 1. The number of nitrogen functional groups attached to an aromatic ring is 1. The first kappa shape index (κ1) is 14.5. The van der Waals surface area contributed by atoms with Crippen LogP contribution in [0, 0.1) is 0 Å². The Labute approximate surface area is 134 Å². The number of benzene rings is 1. The van der Waals surface area contributed by atoms with Crippen molar-refractivity contribution in [3.63, 3.8) is 0 Å². The maximum atomic E-state index is 12.1. The molecule has 0 atom stereocenters. The van der Waals surface area contributed by atoms with E-state index in [4.69, 9.17) is 5.73 Å². The lowest BCUT2D eigenvalue weighted by atomic mass is 10.3. The number of hydrogen-bond acceptors (Lipinski definition) is 3. The molecule has 0 aliphatic rings. The molecule has 0 spiro atoms. The molecule has 0 aliphatic carbocycles. The summed E-state index contributed by atoms with van der Waals surface area (Å²) >= 11 is 10.1. The fraction of sp³-hybridized carbons (Fsp3) is 0.0909. The smallest absolute Gasteiger partial charge is 0.278 e. The molecule has 100 valence electrons. The lowest BCUT2D eigenvalue weighted by molar-refractivity contribution is 0.102. The number of halogens is 3. The highest BCUT2D eigenvalue weighted by atomic mass is 79.9. The predicted octanol–water partition coefficient (Wildman–Crippen LogP) is 3.54. The summed E-state index contributed by atoms with van der Waals surface area (Å²) in [6.07, 6.45) is 1.58. The van der Waals surface area contributed by atoms with Gasteiger partial charge in [0.2, 0.25) is 0 Å². The van der Waals surface area contributed by atoms with Crippen LogP contribution >= 0.6 is 47.8 Å². The average Bonchev–Trinajstić information content (AvgIpc) is 2.62. The molecule has 3 N–H and O–H groups in total. The summed E-state index contributed by atoms with van der Waals surface area (Å²) in [7, 11) is 1.71. The third kappa shape index (κ3) is 3.18. The van der Waals surface area contributed by atoms with Crippen LogP contribution in [0.5, 0.6) is 0 Å². The van der Waals surface area contributed by atoms with Crippen molar-refractivity contribution in [3.8, 4) is 0 Å². The number of hydrogen-bond donors (Lipinski definition) is 2. The Balaban J connectivity index is 2.32. The van der Waals surface area contributed by atoms with Gasteiger partial charge in [0.05, 0.1) is 11.4 Å². The molecule has 2 aromatic rings. The lowest BCUT2D eigenvalue weighted by Gasteiger charge is -2.09. The Morgan fingerprint density at radius 1 is 1.32 bits per heavy atom. The number of anilines is 2. The lowest BCUT2D eigenvalue weighted by Crippen LogP contribution is -2.15. The minimum Gasteiger partial charge on any atom is -0.396 e. The number of amides is 1. The molecule has 8 heteroatoms. The van der Waals surface area contributed by atoms with Crippen molar-refractivity contribution < 1.29 is 4.79 Å². The van der Waals surface area contributed by atoms with Crippen molar-refractivity contribution in [1.29, 1.82) is 0 Å². The van der Waals surface area contributed by atoms with Crippen molar-refractivity contribution in [2.45, 2.75) is 0 Å². The number of nitrogens with zero attached hydrogens (tertiary/aromatic N) is 2. The first-order valence-corrected chi connectivity index (χ1v) is 7.51. The Kier molecular flexibility index (Phi) is 4.32. The van der Waals surface area contributed by atoms with Gasteiger partial charge in [-0.15, -0.1) is 0 Å². The van der Waals surface area contributed by atoms with Crippen molar-refractivity contribution in [2.75, 3.05) is 11.1 Å². The summed E-state index contributed by atoms with van der Waals surface area (Å²) in [5.41, 5.74) is 6.88. The zero-order chi connectivity index (χ0) is 14.2. The van der Waals surface area contributed by atoms with Crippen LogP contribution in [0.4, 0.5) is 11.4 Å². The molecule has 0 aliphatic heterocycles. The molecule has 1 amide bonds. The Morgan fingerprint density at radius 3 is 2.37 bits per heavy atom. The molecular formula is C11H9Br3N4O. The fourth-order valence-corrected chi connectivity index (χ4v) is 3.97. The highest BCUT2D eigenvalue weighted by Crippen LogP contribution is 2.34. The molecule has 19 heavy (non-hydrogen) atoms. The Bertz CT molecular complexity index is 630. The van der Waals surface area contributed by atoms with E-state index < -0.39 is 0 Å². The molecule has 0 bridgehead atoms. The van der Waals surface area contributed by atoms with Crippen LogP contribution in [0.2, 0.25) is 0 Å². The van der Waals surface area contributed by atoms with Gasteiger partial charge in [-0.1, -0.05) is 15.9 Å². The summed E-state index contributed by atoms with van der Waals surface area (Å²) < 4.78 is 3.88. The maximum Gasteiger partial charge on any atom is 0.278 e. The fourth-order valence-electron chi connectivity index (χ4n) is 1.52. The molecule has 0 unspecified atom stereocenters. The van der Waals surface area contributed by atoms with Crippen molar-refractivity contribution >= 4 is 65.1 Å². The Morgan fingerprint density at radius 2 is 1.89 bits per heavy atom. The van der Waals surface area contributed by atoms with Crippen LogP contribution < -0.4 is 11.1 Å². The number of aromatic nitrogens is 2. The van der Waals surface area contributed by atoms with E-state index in [-0.39, 0.29) is 11.6 Å². The zero-order valence-electron chi connectivity index (χ0n) is 9.75. The molecular weight excluding hydrogens is 444 g/mol. The van der Waals surface area contributed by atoms with Gasteiger partial charge < -0.3 is 11.1 Å². The SMILES string of the molecule is Cn1cc(N)c(C(=O)Nc2c(Br)cc(Br)cc2Br)n1. The van der Waals surface area contributed by atoms with Gasteiger partial charge in [0, 0.05) is 26.7 Å². The van der Waals surface area contributed by atoms with E-state index >= 15 is 0 Å². The van der Waals surface area contributed by atoms with Gasteiger partial charge in [0.25, 0.3) is 5.91 Å². The second kappa shape index (κ2) is 5.64. The van der Waals surface area contributed by atoms with Crippen LogP contribution in [-0.4, -0.2) is 15.7 Å². The highest BCUT2D eigenvalue weighted by molar-refractivity contribution is 9.11. The summed E-state index contributed by atoms with van der Waals surface area (Å²) in [5.74, 6) is -0.359. The van der Waals surface area contributed by atoms with Crippen molar-refractivity contribution in [2.24, 2.45) is 7.05 Å². The second-order valence-corrected chi connectivity index (χ2v) is 6.43. The van der Waals surface area contributed by atoms with Crippen LogP contribution in [0.25, 0.3) is 0 Å². The maximum absolute atomic E-state index is 12.1. The third-order valence-corrected chi connectivity index (χ3v) is 4.03. The number of carbonyl (C=O) groups excluding carboxylic acids is 1. The molecule has 1 aromatic carbocycles. The summed E-state index contributed by atoms with van der Waals surface area (Å²) in [5, 5.41) is 6.79. The van der Waals surface area contributed by atoms with E-state index in [0.29, 0.717) is 11.4 Å². The van der Waals surface area contributed by atoms with Crippen LogP contribution in [0.15, 0.2) is 31.7 Å². The van der Waals surface area contributed by atoms with Gasteiger partial charge in [0.1, 0.15) is 0 Å². The Hall–Kier alpha value is -0.860. The largest absolute Gasteiger partial charge is 0.396 e. The number of nitrogens with two attached hydrogens (primary N) is 1. The van der Waals surface area contributed by atoms with E-state index in [1.807, 2.05) is 12.1 Å². The molecule has 0 radical (unpaired) electrons. The van der Waals surface area contributed by atoms with Gasteiger partial charge in [-0.2, -0.15) is 5.10 Å². The van der Waals surface area contributed by atoms with Crippen molar-refractivity contribution in [1.82, 2.24) is 9.78 Å². The van der Waals surface area contributed by atoms with E-state index in [1.165, 1.54) is 4.68 Å². The van der Waals surface area contributed by atoms with Gasteiger partial charge in [-0.25, -0.2) is 0 Å². The first-order valence-electron chi connectivity index (χ1n) is 5.13. The van der Waals surface area contributed by atoms with Crippen molar-refractivity contribution in [3.05, 3.63) is 37.4 Å². The van der Waals surface area contributed by atoms with E-state index in [1.54, 1.807) is 13.2 Å². The van der Waals surface area contributed by atoms with Crippen LogP contribution in [0.3, 0.4) is 0 Å². The van der Waals surface area contributed by atoms with Crippen LogP contribution in [0.1, 0.15) is 10.5 Å². The number of rotatable bonds is 2. The molecule has 2 rings (SSSR count). The zero-order valence-corrected chi connectivity index (χ0v) is 14.5. The summed E-state index contributed by atoms with van der Waals surface area (Å²) in [4.78, 5) is 12.1. The molecule has 1 aromatic heterocycles. The molecule has 0 saturated heterocycles. The van der Waals surface area contributed by atoms with Crippen LogP contribution in [-0.2, 0) is 7.05 Å². The van der Waals surface area contributed by atoms with Gasteiger partial charge in [0.15, 0.2) is 5.69 Å². The van der Waals surface area contributed by atoms with Gasteiger partial charge in [-0.3, -0.25) is 9.48 Å². The average molecular weight is 453 g/mol. The normalized spacial score (nSPS) is 10.5. The number of aryl methyl sites for hydroxylation is 1. The first-order chi connectivity index (χ1) is 8.88. The third-order valence-electron chi connectivity index (χ3n) is 2.32. The minimum absolute atomic E-state index is 0.198. The standard InChI is InChI=1S/C11H9Br3N4O/c1-18-4-8(15)10(17-18)11(19)16-9-6(13)2-5(12)3-7(9)14/h2-4H,15H2,1H3,(H,16,19). The molecule has 0 fully saturated rings.